The van der Waals surface area contributed by atoms with Crippen LogP contribution in [0.5, 0.6) is 0 Å². The number of aromatic carboxylic acids is 1. The second-order valence-electron chi connectivity index (χ2n) is 5.54. The normalized spacial score (nSPS) is 23.3. The Morgan fingerprint density at radius 2 is 2.11 bits per heavy atom. The van der Waals surface area contributed by atoms with Crippen LogP contribution in [0, 0.1) is 11.8 Å². The van der Waals surface area contributed by atoms with Crippen molar-refractivity contribution in [1.29, 1.82) is 0 Å². The molecule has 2 atom stereocenters. The lowest BCUT2D eigenvalue weighted by atomic mass is 9.78. The van der Waals surface area contributed by atoms with Crippen molar-refractivity contribution >= 4 is 11.8 Å². The lowest BCUT2D eigenvalue weighted by molar-refractivity contribution is 0.0690. The highest BCUT2D eigenvalue weighted by molar-refractivity contribution is 5.85. The van der Waals surface area contributed by atoms with Gasteiger partial charge in [0, 0.05) is 6.04 Å². The van der Waals surface area contributed by atoms with Crippen LogP contribution in [-0.4, -0.2) is 27.1 Å². The third-order valence-electron chi connectivity index (χ3n) is 3.86. The standard InChI is InChI=1S/C14H21N3O2/c1-9(2)10-5-3-4-6-11(10)16-13-8-15-7-12(17-13)14(18)19/h7-11H,3-6H2,1-2H3,(H,16,17)(H,18,19). The van der Waals surface area contributed by atoms with Gasteiger partial charge in [0.05, 0.1) is 12.4 Å². The fourth-order valence-corrected chi connectivity index (χ4v) is 2.87. The number of hydrogen-bond donors (Lipinski definition) is 2. The summed E-state index contributed by atoms with van der Waals surface area (Å²) in [6.07, 6.45) is 7.70. The molecule has 0 bridgehead atoms. The highest BCUT2D eigenvalue weighted by atomic mass is 16.4. The molecule has 1 fully saturated rings. The van der Waals surface area contributed by atoms with Gasteiger partial charge >= 0.3 is 5.97 Å². The Labute approximate surface area is 113 Å². The lowest BCUT2D eigenvalue weighted by Crippen LogP contribution is -2.35. The van der Waals surface area contributed by atoms with Crippen LogP contribution < -0.4 is 5.32 Å². The fourth-order valence-electron chi connectivity index (χ4n) is 2.87. The molecule has 0 aromatic carbocycles. The Balaban J connectivity index is 2.10. The van der Waals surface area contributed by atoms with E-state index in [1.54, 1.807) is 6.20 Å². The summed E-state index contributed by atoms with van der Waals surface area (Å²) in [5.74, 6) is 0.759. The van der Waals surface area contributed by atoms with Crippen LogP contribution in [-0.2, 0) is 0 Å². The zero-order valence-corrected chi connectivity index (χ0v) is 11.5. The van der Waals surface area contributed by atoms with Crippen molar-refractivity contribution in [1.82, 2.24) is 9.97 Å². The summed E-state index contributed by atoms with van der Waals surface area (Å²) in [7, 11) is 0. The van der Waals surface area contributed by atoms with E-state index in [-0.39, 0.29) is 5.69 Å². The van der Waals surface area contributed by atoms with Gasteiger partial charge in [-0.15, -0.1) is 0 Å². The largest absolute Gasteiger partial charge is 0.476 e. The number of nitrogens with one attached hydrogen (secondary N) is 1. The first-order chi connectivity index (χ1) is 9.08. The van der Waals surface area contributed by atoms with Gasteiger partial charge in [0.1, 0.15) is 5.82 Å². The van der Waals surface area contributed by atoms with Crippen LogP contribution in [0.4, 0.5) is 5.82 Å². The number of hydrogen-bond acceptors (Lipinski definition) is 4. The molecule has 2 N–H and O–H groups in total. The van der Waals surface area contributed by atoms with Crippen molar-refractivity contribution < 1.29 is 9.90 Å². The summed E-state index contributed by atoms with van der Waals surface area (Å²) in [6.45, 7) is 4.48. The number of aromatic nitrogens is 2. The monoisotopic (exact) mass is 263 g/mol. The Morgan fingerprint density at radius 1 is 1.37 bits per heavy atom. The Morgan fingerprint density at radius 3 is 2.79 bits per heavy atom. The van der Waals surface area contributed by atoms with E-state index in [1.807, 2.05) is 0 Å². The second-order valence-corrected chi connectivity index (χ2v) is 5.54. The van der Waals surface area contributed by atoms with E-state index in [2.05, 4.69) is 29.1 Å². The lowest BCUT2D eigenvalue weighted by Gasteiger charge is -2.35. The molecule has 1 aromatic rings. The average Bonchev–Trinajstić information content (AvgIpc) is 2.39. The number of rotatable bonds is 4. The molecule has 1 saturated carbocycles. The number of anilines is 1. The molecular weight excluding hydrogens is 242 g/mol. The van der Waals surface area contributed by atoms with E-state index in [0.717, 1.165) is 6.42 Å². The van der Waals surface area contributed by atoms with Gasteiger partial charge in [-0.3, -0.25) is 4.98 Å². The van der Waals surface area contributed by atoms with Crippen molar-refractivity contribution in [2.75, 3.05) is 5.32 Å². The molecule has 2 rings (SSSR count). The van der Waals surface area contributed by atoms with Crippen LogP contribution >= 0.6 is 0 Å². The van der Waals surface area contributed by atoms with E-state index in [0.29, 0.717) is 23.7 Å². The van der Waals surface area contributed by atoms with Gasteiger partial charge in [-0.1, -0.05) is 26.7 Å². The number of carbonyl (C=O) groups is 1. The molecular formula is C14H21N3O2. The molecule has 0 aliphatic heterocycles. The van der Waals surface area contributed by atoms with Crippen molar-refractivity contribution in [2.24, 2.45) is 11.8 Å². The SMILES string of the molecule is CC(C)C1CCCCC1Nc1cncc(C(=O)O)n1. The van der Waals surface area contributed by atoms with Gasteiger partial charge < -0.3 is 10.4 Å². The number of carboxylic acids is 1. The third-order valence-corrected chi connectivity index (χ3v) is 3.86. The molecule has 0 spiro atoms. The summed E-state index contributed by atoms with van der Waals surface area (Å²) in [4.78, 5) is 18.9. The van der Waals surface area contributed by atoms with E-state index in [9.17, 15) is 4.79 Å². The Bertz CT molecular complexity index is 448. The second kappa shape index (κ2) is 5.99. The third kappa shape index (κ3) is 3.43. The first kappa shape index (κ1) is 13.8. The molecule has 0 radical (unpaired) electrons. The molecule has 1 heterocycles. The zero-order chi connectivity index (χ0) is 13.8. The van der Waals surface area contributed by atoms with Crippen LogP contribution in [0.3, 0.4) is 0 Å². The first-order valence-corrected chi connectivity index (χ1v) is 6.90. The van der Waals surface area contributed by atoms with Gasteiger partial charge in [-0.25, -0.2) is 9.78 Å². The molecule has 2 unspecified atom stereocenters. The minimum absolute atomic E-state index is 0.0121. The van der Waals surface area contributed by atoms with E-state index >= 15 is 0 Å². The fraction of sp³-hybridized carbons (Fsp3) is 0.643. The molecule has 1 aliphatic carbocycles. The van der Waals surface area contributed by atoms with Crippen molar-refractivity contribution in [3.63, 3.8) is 0 Å². The predicted octanol–water partition coefficient (Wildman–Crippen LogP) is 2.80. The van der Waals surface area contributed by atoms with Crippen LogP contribution in [0.15, 0.2) is 12.4 Å². The Hall–Kier alpha value is -1.65. The highest BCUT2D eigenvalue weighted by Gasteiger charge is 2.27. The van der Waals surface area contributed by atoms with Gasteiger partial charge in [0.2, 0.25) is 0 Å². The molecule has 0 amide bonds. The number of carboxylic acid groups (broad SMARTS) is 1. The zero-order valence-electron chi connectivity index (χ0n) is 11.5. The smallest absolute Gasteiger partial charge is 0.356 e. The Kier molecular flexibility index (Phi) is 4.35. The predicted molar refractivity (Wildman–Crippen MR) is 73.2 cm³/mol. The van der Waals surface area contributed by atoms with E-state index in [4.69, 9.17) is 5.11 Å². The van der Waals surface area contributed by atoms with Gasteiger partial charge in [-0.2, -0.15) is 0 Å². The van der Waals surface area contributed by atoms with Gasteiger partial charge in [0.15, 0.2) is 5.69 Å². The summed E-state index contributed by atoms with van der Waals surface area (Å²) < 4.78 is 0. The van der Waals surface area contributed by atoms with Crippen molar-refractivity contribution in [3.05, 3.63) is 18.1 Å². The van der Waals surface area contributed by atoms with E-state index < -0.39 is 5.97 Å². The summed E-state index contributed by atoms with van der Waals surface area (Å²) in [5.41, 5.74) is -0.0121. The first-order valence-electron chi connectivity index (χ1n) is 6.90. The topological polar surface area (TPSA) is 75.1 Å². The average molecular weight is 263 g/mol. The van der Waals surface area contributed by atoms with E-state index in [1.165, 1.54) is 25.5 Å². The maximum Gasteiger partial charge on any atom is 0.356 e. The quantitative estimate of drug-likeness (QED) is 0.873. The molecule has 19 heavy (non-hydrogen) atoms. The van der Waals surface area contributed by atoms with Crippen LogP contribution in [0.25, 0.3) is 0 Å². The molecule has 5 heteroatoms. The van der Waals surface area contributed by atoms with Crippen LogP contribution in [0.2, 0.25) is 0 Å². The molecule has 1 aromatic heterocycles. The molecule has 5 nitrogen and oxygen atoms in total. The molecule has 104 valence electrons. The molecule has 0 saturated heterocycles. The molecule has 1 aliphatic rings. The minimum atomic E-state index is -1.04. The number of nitrogens with zero attached hydrogens (tertiary/aromatic N) is 2. The van der Waals surface area contributed by atoms with Crippen molar-refractivity contribution in [3.8, 4) is 0 Å². The van der Waals surface area contributed by atoms with Crippen molar-refractivity contribution in [2.45, 2.75) is 45.6 Å². The maximum atomic E-state index is 10.9. The minimum Gasteiger partial charge on any atom is -0.476 e. The maximum absolute atomic E-state index is 10.9. The van der Waals surface area contributed by atoms with Crippen LogP contribution in [0.1, 0.15) is 50.0 Å². The summed E-state index contributed by atoms with van der Waals surface area (Å²) in [5, 5.41) is 12.3. The summed E-state index contributed by atoms with van der Waals surface area (Å²) in [6, 6.07) is 0.368. The summed E-state index contributed by atoms with van der Waals surface area (Å²) >= 11 is 0. The van der Waals surface area contributed by atoms with Gasteiger partial charge in [0.25, 0.3) is 0 Å². The van der Waals surface area contributed by atoms with Gasteiger partial charge in [-0.05, 0) is 24.7 Å². The highest BCUT2D eigenvalue weighted by Crippen LogP contribution is 2.31.